The third-order valence-electron chi connectivity index (χ3n) is 4.58. The number of nitrogens with zero attached hydrogens (tertiary/aromatic N) is 2. The SMILES string of the molecule is CCNC(=NCC(C)(C)c1ccc2c(c1)OCO2)N1CC[C@@H](O)C1. The first-order chi connectivity index (χ1) is 11.5. The number of hydrogen-bond acceptors (Lipinski definition) is 4. The normalized spacial score (nSPS) is 20.6. The first-order valence-corrected chi connectivity index (χ1v) is 8.61. The van der Waals surface area contributed by atoms with Crippen molar-refractivity contribution >= 4 is 5.96 Å². The molecule has 2 heterocycles. The maximum atomic E-state index is 9.76. The highest BCUT2D eigenvalue weighted by molar-refractivity contribution is 5.80. The number of fused-ring (bicyclic) bond motifs is 1. The van der Waals surface area contributed by atoms with E-state index in [2.05, 4.69) is 37.1 Å². The van der Waals surface area contributed by atoms with Crippen molar-refractivity contribution < 1.29 is 14.6 Å². The van der Waals surface area contributed by atoms with E-state index in [0.717, 1.165) is 37.0 Å². The summed E-state index contributed by atoms with van der Waals surface area (Å²) in [5, 5.41) is 13.1. The van der Waals surface area contributed by atoms with Gasteiger partial charge in [0.2, 0.25) is 6.79 Å². The average Bonchev–Trinajstić information content (AvgIpc) is 3.19. The van der Waals surface area contributed by atoms with Gasteiger partial charge in [0.05, 0.1) is 12.6 Å². The van der Waals surface area contributed by atoms with Crippen molar-refractivity contribution in [3.63, 3.8) is 0 Å². The number of nitrogens with one attached hydrogen (secondary N) is 1. The lowest BCUT2D eigenvalue weighted by Crippen LogP contribution is -2.41. The molecular formula is C18H27N3O3. The van der Waals surface area contributed by atoms with Gasteiger partial charge in [0.1, 0.15) is 0 Å². The monoisotopic (exact) mass is 333 g/mol. The molecule has 0 amide bonds. The summed E-state index contributed by atoms with van der Waals surface area (Å²) in [6, 6.07) is 6.09. The van der Waals surface area contributed by atoms with Gasteiger partial charge in [0.15, 0.2) is 17.5 Å². The van der Waals surface area contributed by atoms with E-state index in [1.165, 1.54) is 5.56 Å². The molecule has 0 saturated carbocycles. The van der Waals surface area contributed by atoms with Crippen LogP contribution >= 0.6 is 0 Å². The smallest absolute Gasteiger partial charge is 0.231 e. The van der Waals surface area contributed by atoms with Crippen LogP contribution in [0.1, 0.15) is 32.8 Å². The highest BCUT2D eigenvalue weighted by Gasteiger charge is 2.26. The van der Waals surface area contributed by atoms with Crippen LogP contribution in [-0.2, 0) is 5.41 Å². The third-order valence-corrected chi connectivity index (χ3v) is 4.58. The summed E-state index contributed by atoms with van der Waals surface area (Å²) in [6.45, 7) is 9.67. The van der Waals surface area contributed by atoms with Crippen molar-refractivity contribution in [2.24, 2.45) is 4.99 Å². The van der Waals surface area contributed by atoms with Gasteiger partial charge in [-0.15, -0.1) is 0 Å². The standard InChI is InChI=1S/C18H27N3O3/c1-4-19-17(21-8-7-14(22)10-21)20-11-18(2,3)13-5-6-15-16(9-13)24-12-23-15/h5-6,9,14,22H,4,7-8,10-12H2,1-3H3,(H,19,20)/t14-/m1/s1. The zero-order valence-corrected chi connectivity index (χ0v) is 14.7. The molecular weight excluding hydrogens is 306 g/mol. The van der Waals surface area contributed by atoms with Crippen molar-refractivity contribution in [1.29, 1.82) is 0 Å². The third kappa shape index (κ3) is 3.59. The van der Waals surface area contributed by atoms with Crippen molar-refractivity contribution in [2.45, 2.75) is 38.7 Å². The first kappa shape index (κ1) is 16.9. The summed E-state index contributed by atoms with van der Waals surface area (Å²) in [4.78, 5) is 6.95. The summed E-state index contributed by atoms with van der Waals surface area (Å²) < 4.78 is 10.9. The topological polar surface area (TPSA) is 66.3 Å². The Hall–Kier alpha value is -1.95. The molecule has 0 unspecified atom stereocenters. The number of aliphatic imine (C=N–C) groups is 1. The lowest BCUT2D eigenvalue weighted by molar-refractivity contribution is 0.174. The molecule has 2 aliphatic heterocycles. The van der Waals surface area contributed by atoms with E-state index in [0.29, 0.717) is 19.9 Å². The molecule has 2 N–H and O–H groups in total. The van der Waals surface area contributed by atoms with Crippen molar-refractivity contribution in [2.75, 3.05) is 33.0 Å². The van der Waals surface area contributed by atoms with E-state index in [4.69, 9.17) is 14.5 Å². The molecule has 0 spiro atoms. The molecule has 24 heavy (non-hydrogen) atoms. The number of benzene rings is 1. The fourth-order valence-corrected chi connectivity index (χ4v) is 3.04. The van der Waals surface area contributed by atoms with Crippen LogP contribution in [0.2, 0.25) is 0 Å². The molecule has 1 atom stereocenters. The minimum atomic E-state index is -0.254. The zero-order valence-electron chi connectivity index (χ0n) is 14.7. The minimum absolute atomic E-state index is 0.125. The molecule has 3 rings (SSSR count). The molecule has 2 aliphatic rings. The van der Waals surface area contributed by atoms with Gasteiger partial charge >= 0.3 is 0 Å². The highest BCUT2D eigenvalue weighted by Crippen LogP contribution is 2.36. The largest absolute Gasteiger partial charge is 0.454 e. The summed E-state index contributed by atoms with van der Waals surface area (Å²) in [5.74, 6) is 2.49. The Morgan fingerprint density at radius 3 is 2.88 bits per heavy atom. The lowest BCUT2D eigenvalue weighted by Gasteiger charge is -2.26. The number of β-amino-alcohol motifs (C(OH)–C–C–N with tert-alkyl or cyclic N) is 1. The predicted octanol–water partition coefficient (Wildman–Crippen LogP) is 1.72. The Kier molecular flexibility index (Phi) is 4.85. The Labute approximate surface area is 143 Å². The van der Waals surface area contributed by atoms with Crippen molar-refractivity contribution in [3.8, 4) is 11.5 Å². The van der Waals surface area contributed by atoms with Gasteiger partial charge in [-0.25, -0.2) is 0 Å². The van der Waals surface area contributed by atoms with E-state index < -0.39 is 0 Å². The zero-order chi connectivity index (χ0) is 17.2. The Morgan fingerprint density at radius 1 is 1.38 bits per heavy atom. The van der Waals surface area contributed by atoms with Crippen molar-refractivity contribution in [1.82, 2.24) is 10.2 Å². The number of rotatable bonds is 4. The maximum Gasteiger partial charge on any atom is 0.231 e. The van der Waals surface area contributed by atoms with Gasteiger partial charge in [-0.1, -0.05) is 19.9 Å². The van der Waals surface area contributed by atoms with Gasteiger partial charge in [-0.3, -0.25) is 4.99 Å². The van der Waals surface area contributed by atoms with Crippen molar-refractivity contribution in [3.05, 3.63) is 23.8 Å². The van der Waals surface area contributed by atoms with Crippen LogP contribution in [0.3, 0.4) is 0 Å². The fraction of sp³-hybridized carbons (Fsp3) is 0.611. The van der Waals surface area contributed by atoms with Crippen LogP contribution in [0.4, 0.5) is 0 Å². The maximum absolute atomic E-state index is 9.76. The molecule has 1 aromatic carbocycles. The van der Waals surface area contributed by atoms with Gasteiger partial charge < -0.3 is 24.8 Å². The predicted molar refractivity (Wildman–Crippen MR) is 93.8 cm³/mol. The van der Waals surface area contributed by atoms with Crippen LogP contribution in [-0.4, -0.2) is 55.0 Å². The average molecular weight is 333 g/mol. The second kappa shape index (κ2) is 6.89. The lowest BCUT2D eigenvalue weighted by atomic mass is 9.84. The molecule has 6 nitrogen and oxygen atoms in total. The molecule has 0 aliphatic carbocycles. The van der Waals surface area contributed by atoms with Crippen LogP contribution in [0.25, 0.3) is 0 Å². The van der Waals surface area contributed by atoms with Gasteiger partial charge in [-0.2, -0.15) is 0 Å². The van der Waals surface area contributed by atoms with Crippen LogP contribution < -0.4 is 14.8 Å². The Morgan fingerprint density at radius 2 is 2.17 bits per heavy atom. The number of guanidine groups is 1. The van der Waals surface area contributed by atoms with E-state index in [-0.39, 0.29) is 11.5 Å². The highest BCUT2D eigenvalue weighted by atomic mass is 16.7. The number of likely N-dealkylation sites (tertiary alicyclic amines) is 1. The molecule has 1 fully saturated rings. The van der Waals surface area contributed by atoms with E-state index >= 15 is 0 Å². The Bertz CT molecular complexity index is 616. The van der Waals surface area contributed by atoms with Gasteiger partial charge in [0, 0.05) is 25.0 Å². The van der Waals surface area contributed by atoms with E-state index in [9.17, 15) is 5.11 Å². The van der Waals surface area contributed by atoms with Crippen LogP contribution in [0, 0.1) is 0 Å². The quantitative estimate of drug-likeness (QED) is 0.649. The molecule has 1 saturated heterocycles. The fourth-order valence-electron chi connectivity index (χ4n) is 3.04. The van der Waals surface area contributed by atoms with E-state index in [1.54, 1.807) is 0 Å². The second-order valence-corrected chi connectivity index (χ2v) is 7.01. The van der Waals surface area contributed by atoms with E-state index in [1.807, 2.05) is 12.1 Å². The summed E-state index contributed by atoms with van der Waals surface area (Å²) in [5.41, 5.74) is 1.05. The van der Waals surface area contributed by atoms with Gasteiger partial charge in [0.25, 0.3) is 0 Å². The van der Waals surface area contributed by atoms with Crippen LogP contribution in [0.15, 0.2) is 23.2 Å². The second-order valence-electron chi connectivity index (χ2n) is 7.01. The molecule has 6 heteroatoms. The van der Waals surface area contributed by atoms with Crippen LogP contribution in [0.5, 0.6) is 11.5 Å². The Balaban J connectivity index is 1.74. The minimum Gasteiger partial charge on any atom is -0.454 e. The number of hydrogen-bond donors (Lipinski definition) is 2. The summed E-state index contributed by atoms with van der Waals surface area (Å²) in [7, 11) is 0. The molecule has 132 valence electrons. The molecule has 1 aromatic rings. The summed E-state index contributed by atoms with van der Waals surface area (Å²) >= 11 is 0. The van der Waals surface area contributed by atoms with Gasteiger partial charge in [-0.05, 0) is 31.0 Å². The molecule has 0 radical (unpaired) electrons. The molecule has 0 bridgehead atoms. The number of aliphatic hydroxyl groups excluding tert-OH is 1. The number of ether oxygens (including phenoxy) is 2. The number of aliphatic hydroxyl groups is 1. The summed E-state index contributed by atoms with van der Waals surface area (Å²) in [6.07, 6.45) is 0.548. The first-order valence-electron chi connectivity index (χ1n) is 8.61. The molecule has 0 aromatic heterocycles.